The number of hydrogen-bond donors (Lipinski definition) is 0. The lowest BCUT2D eigenvalue weighted by Crippen LogP contribution is -2.17. The Labute approximate surface area is 144 Å². The van der Waals surface area contributed by atoms with Crippen molar-refractivity contribution in [1.82, 2.24) is 0 Å². The van der Waals surface area contributed by atoms with E-state index in [1.807, 2.05) is 76.2 Å². The smallest absolute Gasteiger partial charge is 0.196 e. The molecule has 4 heteroatoms. The van der Waals surface area contributed by atoms with Crippen LogP contribution in [0.15, 0.2) is 48.5 Å². The van der Waals surface area contributed by atoms with Gasteiger partial charge in [-0.15, -0.1) is 0 Å². The average molecular weight is 330 g/mol. The van der Waals surface area contributed by atoms with Crippen LogP contribution in [0.25, 0.3) is 11.1 Å². The van der Waals surface area contributed by atoms with Crippen LogP contribution in [0.3, 0.4) is 0 Å². The van der Waals surface area contributed by atoms with Crippen LogP contribution in [0, 0.1) is 0 Å². The maximum Gasteiger partial charge on any atom is 0.196 e. The molecule has 2 aromatic rings. The molecule has 0 fully saturated rings. The molecular weight excluding hydrogens is 304 g/mol. The fraction of sp³-hybridized carbons (Fsp3) is 0.400. The Morgan fingerprint density at radius 2 is 1.04 bits per heavy atom. The Morgan fingerprint density at radius 1 is 0.667 bits per heavy atom. The summed E-state index contributed by atoms with van der Waals surface area (Å²) >= 11 is 0. The summed E-state index contributed by atoms with van der Waals surface area (Å²) in [6.07, 6.45) is -0.627. The highest BCUT2D eigenvalue weighted by Crippen LogP contribution is 2.37. The predicted octanol–water partition coefficient (Wildman–Crippen LogP) is 4.88. The van der Waals surface area contributed by atoms with E-state index in [-0.39, 0.29) is 12.6 Å². The molecule has 0 aliphatic rings. The van der Waals surface area contributed by atoms with E-state index < -0.39 is 0 Å². The van der Waals surface area contributed by atoms with Gasteiger partial charge in [0.15, 0.2) is 12.6 Å². The summed E-state index contributed by atoms with van der Waals surface area (Å²) < 4.78 is 22.9. The van der Waals surface area contributed by atoms with Gasteiger partial charge in [-0.3, -0.25) is 0 Å². The Kier molecular flexibility index (Phi) is 7.09. The largest absolute Gasteiger partial charge is 0.465 e. The molecule has 0 N–H and O–H groups in total. The third kappa shape index (κ3) is 4.98. The van der Waals surface area contributed by atoms with Crippen LogP contribution < -0.4 is 9.47 Å². The molecule has 0 amide bonds. The highest BCUT2D eigenvalue weighted by atomic mass is 16.7. The Morgan fingerprint density at radius 3 is 1.42 bits per heavy atom. The molecule has 2 aromatic carbocycles. The lowest BCUT2D eigenvalue weighted by atomic mass is 10.0. The molecule has 2 unspecified atom stereocenters. The molecule has 0 spiro atoms. The van der Waals surface area contributed by atoms with Crippen molar-refractivity contribution in [1.29, 1.82) is 0 Å². The first kappa shape index (κ1) is 18.3. The van der Waals surface area contributed by atoms with Crippen LogP contribution in [0.5, 0.6) is 11.5 Å². The molecule has 24 heavy (non-hydrogen) atoms. The molecule has 0 radical (unpaired) electrons. The number of hydrogen-bond acceptors (Lipinski definition) is 4. The van der Waals surface area contributed by atoms with Crippen LogP contribution >= 0.6 is 0 Å². The van der Waals surface area contributed by atoms with Crippen molar-refractivity contribution in [3.63, 3.8) is 0 Å². The second-order valence-corrected chi connectivity index (χ2v) is 5.27. The van der Waals surface area contributed by atoms with E-state index in [9.17, 15) is 0 Å². The van der Waals surface area contributed by atoms with E-state index in [0.29, 0.717) is 13.2 Å². The topological polar surface area (TPSA) is 36.9 Å². The minimum absolute atomic E-state index is 0.313. The molecule has 0 saturated carbocycles. The first-order chi connectivity index (χ1) is 11.7. The normalized spacial score (nSPS) is 13.3. The zero-order valence-corrected chi connectivity index (χ0v) is 14.8. The average Bonchev–Trinajstić information content (AvgIpc) is 2.56. The van der Waals surface area contributed by atoms with E-state index in [2.05, 4.69) is 0 Å². The van der Waals surface area contributed by atoms with Crippen LogP contribution in [0.1, 0.15) is 27.7 Å². The van der Waals surface area contributed by atoms with Gasteiger partial charge in [0.05, 0.1) is 0 Å². The van der Waals surface area contributed by atoms with Crippen molar-refractivity contribution in [3.05, 3.63) is 48.5 Å². The molecule has 0 heterocycles. The van der Waals surface area contributed by atoms with Crippen LogP contribution in [-0.2, 0) is 9.47 Å². The fourth-order valence-corrected chi connectivity index (χ4v) is 2.48. The summed E-state index contributed by atoms with van der Waals surface area (Å²) in [6, 6.07) is 15.8. The zero-order chi connectivity index (χ0) is 17.4. The van der Waals surface area contributed by atoms with Crippen molar-refractivity contribution in [2.24, 2.45) is 0 Å². The van der Waals surface area contributed by atoms with Crippen molar-refractivity contribution in [2.45, 2.75) is 40.3 Å². The van der Waals surface area contributed by atoms with Gasteiger partial charge in [-0.05, 0) is 39.8 Å². The first-order valence-corrected chi connectivity index (χ1v) is 8.40. The number of rotatable bonds is 9. The SMILES string of the molecule is CCOC(C)Oc1ccccc1-c1ccccc1OC(C)OCC. The Bertz CT molecular complexity index is 571. The summed E-state index contributed by atoms with van der Waals surface area (Å²) in [4.78, 5) is 0. The van der Waals surface area contributed by atoms with Gasteiger partial charge in [-0.2, -0.15) is 0 Å². The molecule has 4 nitrogen and oxygen atoms in total. The van der Waals surface area contributed by atoms with Gasteiger partial charge >= 0.3 is 0 Å². The van der Waals surface area contributed by atoms with Crippen molar-refractivity contribution in [3.8, 4) is 22.6 Å². The molecule has 130 valence electrons. The van der Waals surface area contributed by atoms with Crippen LogP contribution in [0.2, 0.25) is 0 Å². The standard InChI is InChI=1S/C20H26O4/c1-5-21-15(3)23-19-13-9-7-11-17(19)18-12-8-10-14-20(18)24-16(4)22-6-2/h7-16H,5-6H2,1-4H3. The highest BCUT2D eigenvalue weighted by molar-refractivity contribution is 5.75. The van der Waals surface area contributed by atoms with Gasteiger partial charge in [-0.25, -0.2) is 0 Å². The van der Waals surface area contributed by atoms with E-state index in [1.165, 1.54) is 0 Å². The van der Waals surface area contributed by atoms with Gasteiger partial charge in [0.2, 0.25) is 0 Å². The Hall–Kier alpha value is -2.04. The molecule has 0 aliphatic carbocycles. The van der Waals surface area contributed by atoms with E-state index in [1.54, 1.807) is 0 Å². The van der Waals surface area contributed by atoms with Crippen molar-refractivity contribution >= 4 is 0 Å². The lowest BCUT2D eigenvalue weighted by Gasteiger charge is -2.20. The minimum atomic E-state index is -0.313. The summed E-state index contributed by atoms with van der Waals surface area (Å²) in [7, 11) is 0. The number of para-hydroxylation sites is 2. The second kappa shape index (κ2) is 9.30. The number of benzene rings is 2. The third-order valence-corrected chi connectivity index (χ3v) is 3.45. The van der Waals surface area contributed by atoms with E-state index in [0.717, 1.165) is 22.6 Å². The summed E-state index contributed by atoms with van der Waals surface area (Å²) in [5, 5.41) is 0. The fourth-order valence-electron chi connectivity index (χ4n) is 2.48. The number of ether oxygens (including phenoxy) is 4. The quantitative estimate of drug-likeness (QED) is 0.614. The van der Waals surface area contributed by atoms with Gasteiger partial charge in [0, 0.05) is 24.3 Å². The van der Waals surface area contributed by atoms with E-state index in [4.69, 9.17) is 18.9 Å². The van der Waals surface area contributed by atoms with Crippen molar-refractivity contribution < 1.29 is 18.9 Å². The third-order valence-electron chi connectivity index (χ3n) is 3.45. The van der Waals surface area contributed by atoms with Crippen molar-refractivity contribution in [2.75, 3.05) is 13.2 Å². The maximum atomic E-state index is 5.94. The van der Waals surface area contributed by atoms with Gasteiger partial charge in [0.25, 0.3) is 0 Å². The van der Waals surface area contributed by atoms with Crippen LogP contribution in [0.4, 0.5) is 0 Å². The van der Waals surface area contributed by atoms with Gasteiger partial charge < -0.3 is 18.9 Å². The second-order valence-electron chi connectivity index (χ2n) is 5.27. The van der Waals surface area contributed by atoms with Crippen LogP contribution in [-0.4, -0.2) is 25.8 Å². The maximum absolute atomic E-state index is 5.94. The Balaban J connectivity index is 2.31. The highest BCUT2D eigenvalue weighted by Gasteiger charge is 2.15. The molecule has 2 atom stereocenters. The van der Waals surface area contributed by atoms with Gasteiger partial charge in [-0.1, -0.05) is 36.4 Å². The zero-order valence-electron chi connectivity index (χ0n) is 14.8. The predicted molar refractivity (Wildman–Crippen MR) is 95.3 cm³/mol. The van der Waals surface area contributed by atoms with Gasteiger partial charge in [0.1, 0.15) is 11.5 Å². The summed E-state index contributed by atoms with van der Waals surface area (Å²) in [6.45, 7) is 8.89. The summed E-state index contributed by atoms with van der Waals surface area (Å²) in [5.41, 5.74) is 1.92. The van der Waals surface area contributed by atoms with E-state index >= 15 is 0 Å². The molecule has 0 bridgehead atoms. The summed E-state index contributed by atoms with van der Waals surface area (Å²) in [5.74, 6) is 1.53. The molecule has 0 saturated heterocycles. The molecule has 0 aliphatic heterocycles. The molecule has 0 aromatic heterocycles. The monoisotopic (exact) mass is 330 g/mol. The minimum Gasteiger partial charge on any atom is -0.465 e. The first-order valence-electron chi connectivity index (χ1n) is 8.40. The molecular formula is C20H26O4. The molecule has 2 rings (SSSR count). The lowest BCUT2D eigenvalue weighted by molar-refractivity contribution is -0.0623.